The zero-order chi connectivity index (χ0) is 21.3. The summed E-state index contributed by atoms with van der Waals surface area (Å²) in [6.45, 7) is 2.74. The van der Waals surface area contributed by atoms with E-state index >= 15 is 0 Å². The van der Waals surface area contributed by atoms with E-state index in [0.717, 1.165) is 15.7 Å². The highest BCUT2D eigenvalue weighted by molar-refractivity contribution is 5.72. The molecular formula is C22H21FN4O3. The first kappa shape index (κ1) is 19.8. The Morgan fingerprint density at radius 1 is 1.03 bits per heavy atom. The third kappa shape index (κ3) is 3.57. The molecule has 0 N–H and O–H groups in total. The average molecular weight is 408 g/mol. The molecule has 0 amide bonds. The SMILES string of the molecule is COCCn1c(=O)c2c(ncn2Cc2ccc(C)cc2)n(-c2ccc(F)cc2)c1=O. The molecule has 4 rings (SSSR count). The normalized spacial score (nSPS) is 11.3. The van der Waals surface area contributed by atoms with Gasteiger partial charge in [0.05, 0.1) is 25.2 Å². The summed E-state index contributed by atoms with van der Waals surface area (Å²) < 4.78 is 22.7. The van der Waals surface area contributed by atoms with Gasteiger partial charge in [0.2, 0.25) is 0 Å². The molecule has 30 heavy (non-hydrogen) atoms. The summed E-state index contributed by atoms with van der Waals surface area (Å²) in [7, 11) is 1.50. The topological polar surface area (TPSA) is 71.1 Å². The highest BCUT2D eigenvalue weighted by Crippen LogP contribution is 2.15. The predicted octanol–water partition coefficient (Wildman–Crippen LogP) is 2.49. The minimum absolute atomic E-state index is 0.0982. The molecule has 0 atom stereocenters. The van der Waals surface area contributed by atoms with Crippen molar-refractivity contribution in [1.29, 1.82) is 0 Å². The molecule has 0 spiro atoms. The zero-order valence-electron chi connectivity index (χ0n) is 16.7. The highest BCUT2D eigenvalue weighted by atomic mass is 19.1. The van der Waals surface area contributed by atoms with Crippen LogP contribution in [0.1, 0.15) is 11.1 Å². The summed E-state index contributed by atoms with van der Waals surface area (Å²) in [4.78, 5) is 30.7. The van der Waals surface area contributed by atoms with Crippen LogP contribution in [-0.4, -0.2) is 32.4 Å². The maximum Gasteiger partial charge on any atom is 0.337 e. The average Bonchev–Trinajstić information content (AvgIpc) is 3.14. The second kappa shape index (κ2) is 8.08. The van der Waals surface area contributed by atoms with E-state index in [2.05, 4.69) is 4.98 Å². The molecule has 2 aromatic heterocycles. The van der Waals surface area contributed by atoms with E-state index in [1.54, 1.807) is 10.9 Å². The number of hydrogen-bond donors (Lipinski definition) is 0. The van der Waals surface area contributed by atoms with Crippen LogP contribution in [0.2, 0.25) is 0 Å². The van der Waals surface area contributed by atoms with Crippen molar-refractivity contribution in [3.8, 4) is 5.69 Å². The summed E-state index contributed by atoms with van der Waals surface area (Å²) in [5, 5.41) is 0. The lowest BCUT2D eigenvalue weighted by atomic mass is 10.1. The Morgan fingerprint density at radius 3 is 2.40 bits per heavy atom. The Morgan fingerprint density at radius 2 is 1.73 bits per heavy atom. The molecule has 4 aromatic rings. The van der Waals surface area contributed by atoms with Gasteiger partial charge in [0.1, 0.15) is 5.82 Å². The quantitative estimate of drug-likeness (QED) is 0.492. The Bertz CT molecular complexity index is 1300. The third-order valence-electron chi connectivity index (χ3n) is 4.98. The fourth-order valence-electron chi connectivity index (χ4n) is 3.39. The van der Waals surface area contributed by atoms with Crippen LogP contribution in [0.25, 0.3) is 16.9 Å². The second-order valence-electron chi connectivity index (χ2n) is 7.07. The van der Waals surface area contributed by atoms with Crippen molar-refractivity contribution >= 4 is 11.2 Å². The molecule has 0 fully saturated rings. The lowest BCUT2D eigenvalue weighted by Gasteiger charge is -2.12. The van der Waals surface area contributed by atoms with Gasteiger partial charge in [-0.25, -0.2) is 18.7 Å². The summed E-state index contributed by atoms with van der Waals surface area (Å²) in [6, 6.07) is 13.5. The molecule has 7 nitrogen and oxygen atoms in total. The van der Waals surface area contributed by atoms with Gasteiger partial charge in [-0.1, -0.05) is 29.8 Å². The smallest absolute Gasteiger partial charge is 0.337 e. The van der Waals surface area contributed by atoms with Gasteiger partial charge in [-0.05, 0) is 36.8 Å². The maximum absolute atomic E-state index is 13.4. The van der Waals surface area contributed by atoms with E-state index in [4.69, 9.17) is 4.74 Å². The van der Waals surface area contributed by atoms with E-state index < -0.39 is 17.1 Å². The molecule has 8 heteroatoms. The van der Waals surface area contributed by atoms with Gasteiger partial charge in [-0.15, -0.1) is 0 Å². The first-order valence-corrected chi connectivity index (χ1v) is 9.50. The standard InChI is InChI=1S/C22H21FN4O3/c1-15-3-5-16(6-4-15)13-25-14-24-20-19(25)21(28)26(11-12-30-2)22(29)27(20)18-9-7-17(23)8-10-18/h3-10,14H,11-13H2,1-2H3. The van der Waals surface area contributed by atoms with Crippen molar-refractivity contribution in [3.05, 3.63) is 92.6 Å². The van der Waals surface area contributed by atoms with Gasteiger partial charge >= 0.3 is 5.69 Å². The van der Waals surface area contributed by atoms with Crippen LogP contribution in [0.15, 0.2) is 64.4 Å². The van der Waals surface area contributed by atoms with Crippen LogP contribution in [0.3, 0.4) is 0 Å². The summed E-state index contributed by atoms with van der Waals surface area (Å²) in [5.74, 6) is -0.416. The number of imidazole rings is 1. The van der Waals surface area contributed by atoms with E-state index in [9.17, 15) is 14.0 Å². The number of hydrogen-bond acceptors (Lipinski definition) is 4. The molecule has 0 aliphatic rings. The molecule has 0 saturated heterocycles. The van der Waals surface area contributed by atoms with E-state index in [1.165, 1.54) is 35.9 Å². The van der Waals surface area contributed by atoms with Gasteiger partial charge in [0.25, 0.3) is 5.56 Å². The molecule has 0 unspecified atom stereocenters. The first-order chi connectivity index (χ1) is 14.5. The number of rotatable bonds is 6. The van der Waals surface area contributed by atoms with Crippen molar-refractivity contribution in [2.24, 2.45) is 0 Å². The Labute approximate surface area is 171 Å². The summed E-state index contributed by atoms with van der Waals surface area (Å²) in [6.07, 6.45) is 1.55. The van der Waals surface area contributed by atoms with Crippen molar-refractivity contribution in [1.82, 2.24) is 18.7 Å². The van der Waals surface area contributed by atoms with Crippen LogP contribution in [0.4, 0.5) is 4.39 Å². The van der Waals surface area contributed by atoms with Gasteiger partial charge < -0.3 is 9.30 Å². The predicted molar refractivity (Wildman–Crippen MR) is 112 cm³/mol. The van der Waals surface area contributed by atoms with Crippen molar-refractivity contribution in [2.75, 3.05) is 13.7 Å². The highest BCUT2D eigenvalue weighted by Gasteiger charge is 2.19. The monoisotopic (exact) mass is 408 g/mol. The van der Waals surface area contributed by atoms with E-state index in [-0.39, 0.29) is 18.8 Å². The minimum Gasteiger partial charge on any atom is -0.383 e. The van der Waals surface area contributed by atoms with Crippen LogP contribution < -0.4 is 11.2 Å². The third-order valence-corrected chi connectivity index (χ3v) is 4.98. The Kier molecular flexibility index (Phi) is 5.33. The lowest BCUT2D eigenvalue weighted by molar-refractivity contribution is 0.184. The number of halogens is 1. The minimum atomic E-state index is -0.545. The van der Waals surface area contributed by atoms with Gasteiger partial charge in [0.15, 0.2) is 11.2 Å². The van der Waals surface area contributed by atoms with E-state index in [0.29, 0.717) is 17.7 Å². The molecule has 0 saturated carbocycles. The van der Waals surface area contributed by atoms with Crippen LogP contribution >= 0.6 is 0 Å². The van der Waals surface area contributed by atoms with Crippen LogP contribution in [0.5, 0.6) is 0 Å². The maximum atomic E-state index is 13.4. The number of ether oxygens (including phenoxy) is 1. The molecule has 0 aliphatic carbocycles. The molecule has 154 valence electrons. The summed E-state index contributed by atoms with van der Waals surface area (Å²) in [5.41, 5.74) is 2.13. The first-order valence-electron chi connectivity index (χ1n) is 9.50. The fourth-order valence-corrected chi connectivity index (χ4v) is 3.39. The zero-order valence-corrected chi connectivity index (χ0v) is 16.7. The van der Waals surface area contributed by atoms with Crippen molar-refractivity contribution < 1.29 is 9.13 Å². The number of aryl methyl sites for hydroxylation is 1. The fraction of sp³-hybridized carbons (Fsp3) is 0.227. The van der Waals surface area contributed by atoms with E-state index in [1.807, 2.05) is 31.2 Å². The molecule has 2 aromatic carbocycles. The second-order valence-corrected chi connectivity index (χ2v) is 7.07. The van der Waals surface area contributed by atoms with Crippen LogP contribution in [-0.2, 0) is 17.8 Å². The number of fused-ring (bicyclic) bond motifs is 1. The number of benzene rings is 2. The van der Waals surface area contributed by atoms with Crippen LogP contribution in [0, 0.1) is 12.7 Å². The van der Waals surface area contributed by atoms with Crippen molar-refractivity contribution in [2.45, 2.75) is 20.0 Å². The number of methoxy groups -OCH3 is 1. The Balaban J connectivity index is 1.95. The molecule has 0 aliphatic heterocycles. The van der Waals surface area contributed by atoms with Crippen molar-refractivity contribution in [3.63, 3.8) is 0 Å². The molecule has 0 radical (unpaired) electrons. The number of aromatic nitrogens is 4. The largest absolute Gasteiger partial charge is 0.383 e. The number of nitrogens with zero attached hydrogens (tertiary/aromatic N) is 4. The molecule has 0 bridgehead atoms. The Hall–Kier alpha value is -3.52. The molecule has 2 heterocycles. The summed E-state index contributed by atoms with van der Waals surface area (Å²) >= 11 is 0. The van der Waals surface area contributed by atoms with Gasteiger partial charge in [0, 0.05) is 13.7 Å². The lowest BCUT2D eigenvalue weighted by Crippen LogP contribution is -2.41. The van der Waals surface area contributed by atoms with Gasteiger partial charge in [-0.3, -0.25) is 9.36 Å². The molecular weight excluding hydrogens is 387 g/mol. The van der Waals surface area contributed by atoms with Gasteiger partial charge in [-0.2, -0.15) is 0 Å².